The Morgan fingerprint density at radius 3 is 0.865 bits per heavy atom. The summed E-state index contributed by atoms with van der Waals surface area (Å²) in [5.41, 5.74) is -3.13. The minimum absolute atomic E-state index is 0.0453. The summed E-state index contributed by atoms with van der Waals surface area (Å²) in [7, 11) is -19.0. The molecule has 14 nitrogen and oxygen atoms in total. The Labute approximate surface area is 213 Å². The Balaban J connectivity index is 2.89. The zero-order valence-electron chi connectivity index (χ0n) is 19.2. The van der Waals surface area contributed by atoms with Gasteiger partial charge in [0.25, 0.3) is 40.5 Å². The van der Waals surface area contributed by atoms with Crippen LogP contribution in [0.3, 0.4) is 0 Å². The van der Waals surface area contributed by atoms with Gasteiger partial charge >= 0.3 is 0 Å². The van der Waals surface area contributed by atoms with E-state index in [0.29, 0.717) is 0 Å². The molecule has 0 atom stereocenters. The molecule has 2 aromatic carbocycles. The third-order valence-electron chi connectivity index (χ3n) is 5.33. The van der Waals surface area contributed by atoms with E-state index in [-0.39, 0.29) is 11.1 Å². The molecule has 37 heavy (non-hydrogen) atoms. The van der Waals surface area contributed by atoms with Crippen molar-refractivity contribution in [1.29, 1.82) is 0 Å². The van der Waals surface area contributed by atoms with Crippen LogP contribution in [0.4, 0.5) is 0 Å². The third kappa shape index (κ3) is 8.88. The molecule has 2 rings (SSSR count). The van der Waals surface area contributed by atoms with Gasteiger partial charge in [0, 0.05) is 27.7 Å². The van der Waals surface area contributed by atoms with Crippen molar-refractivity contribution in [3.8, 4) is 11.5 Å². The predicted octanol–water partition coefficient (Wildman–Crippen LogP) is 0.975. The summed E-state index contributed by atoms with van der Waals surface area (Å²) in [4.78, 5) is 0. The smallest absolute Gasteiger partial charge is 0.269 e. The van der Waals surface area contributed by atoms with Crippen molar-refractivity contribution in [2.75, 3.05) is 0 Å². The number of hydrogen-bond acceptors (Lipinski definition) is 10. The van der Waals surface area contributed by atoms with E-state index in [1.807, 2.05) is 0 Å². The first-order valence-corrected chi connectivity index (χ1v) is 16.3. The Bertz CT molecular complexity index is 1420. The van der Waals surface area contributed by atoms with E-state index >= 15 is 0 Å². The van der Waals surface area contributed by atoms with Gasteiger partial charge in [-0.2, -0.15) is 33.7 Å². The highest BCUT2D eigenvalue weighted by molar-refractivity contribution is 7.85. The van der Waals surface area contributed by atoms with Gasteiger partial charge in [-0.25, -0.2) is 0 Å². The molecule has 2 aromatic rings. The topological polar surface area (TPSA) is 258 Å². The highest BCUT2D eigenvalue weighted by Gasteiger charge is 2.30. The molecule has 0 unspecified atom stereocenters. The van der Waals surface area contributed by atoms with Crippen LogP contribution in [0.5, 0.6) is 11.5 Å². The number of phenolic OH excluding ortho intramolecular Hbond substituents is 2. The lowest BCUT2D eigenvalue weighted by molar-refractivity contribution is 0.452. The van der Waals surface area contributed by atoms with E-state index in [0.717, 1.165) is 24.3 Å². The summed E-state index contributed by atoms with van der Waals surface area (Å²) in [5, 5.41) is 20.8. The van der Waals surface area contributed by atoms with Crippen LogP contribution in [0.15, 0.2) is 24.3 Å². The Morgan fingerprint density at radius 2 is 0.703 bits per heavy atom. The van der Waals surface area contributed by atoms with Crippen LogP contribution in [-0.2, 0) is 68.9 Å². The summed E-state index contributed by atoms with van der Waals surface area (Å²) in [6.07, 6.45) is 0. The van der Waals surface area contributed by atoms with E-state index in [4.69, 9.17) is 0 Å². The summed E-state index contributed by atoms with van der Waals surface area (Å²) < 4.78 is 129. The van der Waals surface area contributed by atoms with Gasteiger partial charge in [0.05, 0.1) is 0 Å². The SMILES string of the molecule is CC(C)(c1cc(CS(=O)(=O)O)c(O)c(CS(=O)(=O)O)c1)c1cc(CS(=O)(=O)O)c(O)c(CS(=O)(=O)O)c1. The number of phenols is 2. The molecule has 0 aliphatic carbocycles. The second-order valence-corrected chi connectivity index (χ2v) is 14.6. The summed E-state index contributed by atoms with van der Waals surface area (Å²) in [6.45, 7) is 2.88. The van der Waals surface area contributed by atoms with Gasteiger partial charge in [-0.3, -0.25) is 18.2 Å². The molecule has 0 aliphatic rings. The van der Waals surface area contributed by atoms with Crippen LogP contribution in [-0.4, -0.2) is 62.1 Å². The van der Waals surface area contributed by atoms with Gasteiger partial charge in [-0.1, -0.05) is 38.1 Å². The van der Waals surface area contributed by atoms with Crippen LogP contribution in [0.1, 0.15) is 47.2 Å². The standard InChI is InChI=1S/C19H24O14S4/c1-19(2,15-3-11(7-34(22,23)24)17(20)12(4-15)8-35(25,26)27)16-5-13(9-36(28,29)30)18(21)14(6-16)10-37(31,32)33/h3-6,20-21H,7-10H2,1-2H3,(H,22,23,24)(H,25,26,27)(H,28,29,30)(H,31,32,33). The molecule has 0 bridgehead atoms. The molecule has 0 heterocycles. The Hall–Kier alpha value is -2.32. The first kappa shape index (κ1) is 30.9. The van der Waals surface area contributed by atoms with E-state index in [9.17, 15) is 62.1 Å². The van der Waals surface area contributed by atoms with E-state index in [1.165, 1.54) is 13.8 Å². The van der Waals surface area contributed by atoms with Crippen molar-refractivity contribution in [3.05, 3.63) is 57.6 Å². The Kier molecular flexibility index (Phi) is 8.43. The lowest BCUT2D eigenvalue weighted by Crippen LogP contribution is -2.22. The molecule has 6 N–H and O–H groups in total. The molecule has 0 saturated carbocycles. The van der Waals surface area contributed by atoms with Gasteiger partial charge in [0.1, 0.15) is 34.5 Å². The van der Waals surface area contributed by atoms with Crippen molar-refractivity contribution in [2.24, 2.45) is 0 Å². The largest absolute Gasteiger partial charge is 0.507 e. The maximum atomic E-state index is 11.5. The van der Waals surface area contributed by atoms with Crippen LogP contribution < -0.4 is 0 Å². The number of rotatable bonds is 10. The molecule has 0 spiro atoms. The molecule has 0 amide bonds. The fraction of sp³-hybridized carbons (Fsp3) is 0.368. The lowest BCUT2D eigenvalue weighted by atomic mass is 9.76. The first-order chi connectivity index (χ1) is 16.4. The van der Waals surface area contributed by atoms with E-state index in [1.54, 1.807) is 0 Å². The maximum Gasteiger partial charge on any atom is 0.269 e. The molecular weight excluding hydrogens is 580 g/mol. The molecule has 208 valence electrons. The average Bonchev–Trinajstić information content (AvgIpc) is 2.63. The highest BCUT2D eigenvalue weighted by atomic mass is 32.2. The van der Waals surface area contributed by atoms with Crippen molar-refractivity contribution >= 4 is 40.5 Å². The number of aromatic hydroxyl groups is 2. The molecule has 0 aromatic heterocycles. The van der Waals surface area contributed by atoms with Gasteiger partial charge in [-0.05, 0) is 11.1 Å². The fourth-order valence-electron chi connectivity index (χ4n) is 3.63. The lowest BCUT2D eigenvalue weighted by Gasteiger charge is -2.29. The minimum Gasteiger partial charge on any atom is -0.507 e. The quantitative estimate of drug-likeness (QED) is 0.207. The molecular formula is C19H24O14S4. The van der Waals surface area contributed by atoms with E-state index in [2.05, 4.69) is 0 Å². The average molecular weight is 605 g/mol. The monoisotopic (exact) mass is 604 g/mol. The zero-order valence-corrected chi connectivity index (χ0v) is 22.5. The van der Waals surface area contributed by atoms with Crippen LogP contribution >= 0.6 is 0 Å². The van der Waals surface area contributed by atoms with Gasteiger partial charge < -0.3 is 10.2 Å². The predicted molar refractivity (Wildman–Crippen MR) is 129 cm³/mol. The van der Waals surface area contributed by atoms with E-state index < -0.39 is 103 Å². The van der Waals surface area contributed by atoms with Gasteiger partial charge in [0.2, 0.25) is 0 Å². The molecule has 0 saturated heterocycles. The normalized spacial score (nSPS) is 13.6. The molecule has 0 aliphatic heterocycles. The van der Waals surface area contributed by atoms with Crippen molar-refractivity contribution in [1.82, 2.24) is 0 Å². The second-order valence-electron chi connectivity index (χ2n) is 8.82. The minimum atomic E-state index is -4.74. The first-order valence-electron chi connectivity index (χ1n) is 9.89. The summed E-state index contributed by atoms with van der Waals surface area (Å²) in [5.74, 6) is -6.31. The second kappa shape index (κ2) is 10.1. The summed E-state index contributed by atoms with van der Waals surface area (Å²) in [6, 6.07) is 4.31. The number of benzene rings is 2. The Morgan fingerprint density at radius 1 is 0.514 bits per heavy atom. The molecule has 0 radical (unpaired) electrons. The van der Waals surface area contributed by atoms with Crippen molar-refractivity contribution < 1.29 is 62.1 Å². The van der Waals surface area contributed by atoms with Crippen LogP contribution in [0, 0.1) is 0 Å². The van der Waals surface area contributed by atoms with Gasteiger partial charge in [0.15, 0.2) is 0 Å². The van der Waals surface area contributed by atoms with Crippen LogP contribution in [0.2, 0.25) is 0 Å². The maximum absolute atomic E-state index is 11.5. The highest BCUT2D eigenvalue weighted by Crippen LogP contribution is 2.40. The number of hydrogen-bond donors (Lipinski definition) is 6. The third-order valence-corrected chi connectivity index (χ3v) is 8.03. The molecule has 0 fully saturated rings. The summed E-state index contributed by atoms with van der Waals surface area (Å²) >= 11 is 0. The van der Waals surface area contributed by atoms with Gasteiger partial charge in [-0.15, -0.1) is 0 Å². The zero-order chi connectivity index (χ0) is 28.8. The fourth-order valence-corrected chi connectivity index (χ4v) is 6.09. The van der Waals surface area contributed by atoms with Crippen LogP contribution in [0.25, 0.3) is 0 Å². The van der Waals surface area contributed by atoms with Crippen molar-refractivity contribution in [2.45, 2.75) is 42.3 Å². The molecule has 18 heteroatoms. The van der Waals surface area contributed by atoms with Crippen molar-refractivity contribution in [3.63, 3.8) is 0 Å².